The van der Waals surface area contributed by atoms with Crippen LogP contribution in [0, 0.1) is 5.92 Å². The van der Waals surface area contributed by atoms with Crippen molar-refractivity contribution in [2.45, 2.75) is 69.5 Å². The van der Waals surface area contributed by atoms with Crippen LogP contribution in [0.4, 0.5) is 0 Å². The van der Waals surface area contributed by atoms with Crippen molar-refractivity contribution in [1.82, 2.24) is 10.2 Å². The van der Waals surface area contributed by atoms with Crippen molar-refractivity contribution in [3.63, 3.8) is 0 Å². The Morgan fingerprint density at radius 1 is 1.00 bits per heavy atom. The summed E-state index contributed by atoms with van der Waals surface area (Å²) >= 11 is 0. The van der Waals surface area contributed by atoms with E-state index in [1.807, 2.05) is 0 Å². The normalized spacial score (nSPS) is 37.4. The number of hydrogen-bond donors (Lipinski definition) is 1. The lowest BCUT2D eigenvalue weighted by Gasteiger charge is -2.36. The zero-order valence-electron chi connectivity index (χ0n) is 11.0. The fourth-order valence-electron chi connectivity index (χ4n) is 4.14. The van der Waals surface area contributed by atoms with Gasteiger partial charge in [-0.3, -0.25) is 0 Å². The zero-order chi connectivity index (χ0) is 11.0. The van der Waals surface area contributed by atoms with Gasteiger partial charge in [-0.25, -0.2) is 0 Å². The first-order chi connectivity index (χ1) is 7.81. The van der Waals surface area contributed by atoms with Crippen LogP contribution >= 0.6 is 12.4 Å². The summed E-state index contributed by atoms with van der Waals surface area (Å²) < 4.78 is 0. The molecule has 17 heavy (non-hydrogen) atoms. The number of nitrogens with one attached hydrogen (secondary N) is 1. The van der Waals surface area contributed by atoms with Gasteiger partial charge >= 0.3 is 0 Å². The number of rotatable bonds is 3. The summed E-state index contributed by atoms with van der Waals surface area (Å²) in [4.78, 5) is 2.68. The molecule has 2 unspecified atom stereocenters. The zero-order valence-corrected chi connectivity index (χ0v) is 11.8. The van der Waals surface area contributed by atoms with Crippen molar-refractivity contribution in [2.75, 3.05) is 13.6 Å². The van der Waals surface area contributed by atoms with E-state index in [1.165, 1.54) is 57.9 Å². The predicted molar refractivity (Wildman–Crippen MR) is 74.8 cm³/mol. The van der Waals surface area contributed by atoms with E-state index in [-0.39, 0.29) is 12.4 Å². The Hall–Kier alpha value is 0.210. The van der Waals surface area contributed by atoms with E-state index in [0.29, 0.717) is 0 Å². The highest BCUT2D eigenvalue weighted by atomic mass is 35.5. The van der Waals surface area contributed by atoms with Gasteiger partial charge in [0.25, 0.3) is 0 Å². The summed E-state index contributed by atoms with van der Waals surface area (Å²) in [5.41, 5.74) is 0. The van der Waals surface area contributed by atoms with Gasteiger partial charge in [-0.2, -0.15) is 0 Å². The molecule has 1 saturated carbocycles. The van der Waals surface area contributed by atoms with Gasteiger partial charge in [0.2, 0.25) is 0 Å². The summed E-state index contributed by atoms with van der Waals surface area (Å²) in [6, 6.07) is 2.56. The third-order valence-electron chi connectivity index (χ3n) is 5.09. The van der Waals surface area contributed by atoms with Crippen molar-refractivity contribution >= 4 is 12.4 Å². The predicted octanol–water partition coefficient (Wildman–Crippen LogP) is 2.81. The molecule has 3 aliphatic rings. The molecule has 0 radical (unpaired) electrons. The molecule has 3 rings (SSSR count). The minimum Gasteiger partial charge on any atom is -0.311 e. The topological polar surface area (TPSA) is 15.3 Å². The Bertz CT molecular complexity index is 228. The molecular formula is C14H27ClN2. The first-order valence-electron chi connectivity index (χ1n) is 7.27. The van der Waals surface area contributed by atoms with Gasteiger partial charge in [0.05, 0.1) is 0 Å². The molecule has 1 N–H and O–H groups in total. The molecule has 0 amide bonds. The number of halogens is 1. The maximum Gasteiger partial charge on any atom is 0.0122 e. The van der Waals surface area contributed by atoms with Gasteiger partial charge in [0, 0.05) is 24.7 Å². The lowest BCUT2D eigenvalue weighted by molar-refractivity contribution is 0.152. The molecule has 0 aromatic rings. The Kier molecular flexibility index (Phi) is 4.73. The highest BCUT2D eigenvalue weighted by molar-refractivity contribution is 5.85. The molecule has 0 aromatic carbocycles. The van der Waals surface area contributed by atoms with Crippen LogP contribution in [0.3, 0.4) is 0 Å². The van der Waals surface area contributed by atoms with E-state index in [0.717, 1.165) is 24.0 Å². The fraction of sp³-hybridized carbons (Fsp3) is 1.00. The van der Waals surface area contributed by atoms with Crippen LogP contribution < -0.4 is 5.32 Å². The highest BCUT2D eigenvalue weighted by Gasteiger charge is 2.35. The smallest absolute Gasteiger partial charge is 0.0122 e. The standard InChI is InChI=1S/C14H26N2.ClH/c1-16(10-11-4-2-3-5-11)14-8-12-6-7-13(9-14)15-12;/h11-15H,2-10H2,1H3;1H. The van der Waals surface area contributed by atoms with Crippen LogP contribution in [-0.2, 0) is 0 Å². The van der Waals surface area contributed by atoms with E-state index < -0.39 is 0 Å². The molecule has 2 bridgehead atoms. The van der Waals surface area contributed by atoms with E-state index in [1.54, 1.807) is 0 Å². The number of fused-ring (bicyclic) bond motifs is 2. The van der Waals surface area contributed by atoms with Crippen LogP contribution in [-0.4, -0.2) is 36.6 Å². The maximum absolute atomic E-state index is 3.74. The minimum absolute atomic E-state index is 0. The van der Waals surface area contributed by atoms with Gasteiger partial charge in [-0.05, 0) is 51.5 Å². The summed E-state index contributed by atoms with van der Waals surface area (Å²) in [5.74, 6) is 1.01. The Balaban J connectivity index is 0.00000108. The number of hydrogen-bond acceptors (Lipinski definition) is 2. The molecule has 2 saturated heterocycles. The molecule has 0 aromatic heterocycles. The van der Waals surface area contributed by atoms with E-state index in [9.17, 15) is 0 Å². The number of nitrogens with zero attached hydrogens (tertiary/aromatic N) is 1. The second-order valence-corrected chi connectivity index (χ2v) is 6.35. The monoisotopic (exact) mass is 258 g/mol. The third-order valence-corrected chi connectivity index (χ3v) is 5.09. The molecule has 3 fully saturated rings. The van der Waals surface area contributed by atoms with Gasteiger partial charge in [-0.15, -0.1) is 12.4 Å². The van der Waals surface area contributed by atoms with Crippen LogP contribution in [0.2, 0.25) is 0 Å². The molecule has 100 valence electrons. The van der Waals surface area contributed by atoms with Crippen molar-refractivity contribution in [3.05, 3.63) is 0 Å². The molecule has 2 nitrogen and oxygen atoms in total. The summed E-state index contributed by atoms with van der Waals surface area (Å²) in [6.45, 7) is 1.37. The molecule has 2 atom stereocenters. The summed E-state index contributed by atoms with van der Waals surface area (Å²) in [7, 11) is 2.37. The molecule has 1 aliphatic carbocycles. The average Bonchev–Trinajstić information content (AvgIpc) is 2.89. The average molecular weight is 259 g/mol. The first-order valence-corrected chi connectivity index (χ1v) is 7.27. The largest absolute Gasteiger partial charge is 0.311 e. The van der Waals surface area contributed by atoms with Crippen LogP contribution in [0.15, 0.2) is 0 Å². The molecule has 2 heterocycles. The van der Waals surface area contributed by atoms with E-state index in [2.05, 4.69) is 17.3 Å². The van der Waals surface area contributed by atoms with E-state index in [4.69, 9.17) is 0 Å². The lowest BCUT2D eigenvalue weighted by atomic mass is 9.97. The van der Waals surface area contributed by atoms with E-state index >= 15 is 0 Å². The Morgan fingerprint density at radius 3 is 2.18 bits per heavy atom. The minimum atomic E-state index is 0. The van der Waals surface area contributed by atoms with Gasteiger partial charge in [-0.1, -0.05) is 12.8 Å². The SMILES string of the molecule is CN(CC1CCCC1)C1CC2CCC(C1)N2.Cl. The molecule has 3 heteroatoms. The first kappa shape index (κ1) is 13.6. The lowest BCUT2D eigenvalue weighted by Crippen LogP contribution is -2.47. The van der Waals surface area contributed by atoms with Gasteiger partial charge < -0.3 is 10.2 Å². The van der Waals surface area contributed by atoms with Crippen molar-refractivity contribution in [1.29, 1.82) is 0 Å². The van der Waals surface area contributed by atoms with Crippen molar-refractivity contribution in [2.24, 2.45) is 5.92 Å². The second kappa shape index (κ2) is 5.90. The van der Waals surface area contributed by atoms with Crippen LogP contribution in [0.1, 0.15) is 51.4 Å². The molecular weight excluding hydrogens is 232 g/mol. The molecule has 2 aliphatic heterocycles. The second-order valence-electron chi connectivity index (χ2n) is 6.35. The highest BCUT2D eigenvalue weighted by Crippen LogP contribution is 2.31. The quantitative estimate of drug-likeness (QED) is 0.838. The molecule has 0 spiro atoms. The Morgan fingerprint density at radius 2 is 1.59 bits per heavy atom. The van der Waals surface area contributed by atoms with Crippen LogP contribution in [0.5, 0.6) is 0 Å². The number of piperidine rings is 1. The van der Waals surface area contributed by atoms with Gasteiger partial charge in [0.15, 0.2) is 0 Å². The summed E-state index contributed by atoms with van der Waals surface area (Å²) in [6.07, 6.45) is 11.6. The van der Waals surface area contributed by atoms with Crippen molar-refractivity contribution in [3.8, 4) is 0 Å². The maximum atomic E-state index is 3.74. The summed E-state index contributed by atoms with van der Waals surface area (Å²) in [5, 5.41) is 3.74. The van der Waals surface area contributed by atoms with Gasteiger partial charge in [0.1, 0.15) is 0 Å². The fourth-order valence-corrected chi connectivity index (χ4v) is 4.14. The Labute approximate surface area is 112 Å². The van der Waals surface area contributed by atoms with Crippen molar-refractivity contribution < 1.29 is 0 Å². The third kappa shape index (κ3) is 3.15. The van der Waals surface area contributed by atoms with Crippen LogP contribution in [0.25, 0.3) is 0 Å².